The molecule has 2 atom stereocenters. The number of hydrogen-bond donors (Lipinski definition) is 2. The number of amides is 1. The molecule has 0 unspecified atom stereocenters. The molecule has 0 aromatic heterocycles. The van der Waals surface area contributed by atoms with E-state index < -0.39 is 12.2 Å². The van der Waals surface area contributed by atoms with E-state index in [1.807, 2.05) is 72.8 Å². The van der Waals surface area contributed by atoms with E-state index in [-0.39, 0.29) is 12.6 Å². The number of carbonyl (C=O) groups excluding carboxylic acids is 1. The van der Waals surface area contributed by atoms with Crippen LogP contribution in [0.1, 0.15) is 66.9 Å². The molecular formula is C32H38N2O4. The van der Waals surface area contributed by atoms with Crippen LogP contribution in [0.2, 0.25) is 0 Å². The van der Waals surface area contributed by atoms with Crippen molar-refractivity contribution in [1.29, 1.82) is 0 Å². The van der Waals surface area contributed by atoms with Gasteiger partial charge in [0.2, 0.25) is 0 Å². The fraction of sp³-hybridized carbons (Fsp3) is 0.406. The SMILES string of the molecule is CN(C(=O)OCc1ccccc1)c1c(OCc2ccccc2)ccc2c1CC[C@@H](NC1CCCCC1)[C@@H]2O. The van der Waals surface area contributed by atoms with Gasteiger partial charge in [0.15, 0.2) is 0 Å². The van der Waals surface area contributed by atoms with E-state index in [9.17, 15) is 9.90 Å². The lowest BCUT2D eigenvalue weighted by atomic mass is 9.83. The Morgan fingerprint density at radius 2 is 1.55 bits per heavy atom. The topological polar surface area (TPSA) is 71.0 Å². The molecule has 5 rings (SSSR count). The van der Waals surface area contributed by atoms with Gasteiger partial charge in [0.05, 0.1) is 11.8 Å². The van der Waals surface area contributed by atoms with Crippen molar-refractivity contribution in [2.45, 2.75) is 76.3 Å². The zero-order valence-electron chi connectivity index (χ0n) is 22.1. The Labute approximate surface area is 225 Å². The van der Waals surface area contributed by atoms with Gasteiger partial charge >= 0.3 is 6.09 Å². The Balaban J connectivity index is 1.39. The van der Waals surface area contributed by atoms with Crippen molar-refractivity contribution in [3.8, 4) is 5.75 Å². The molecule has 2 N–H and O–H groups in total. The second kappa shape index (κ2) is 12.5. The van der Waals surface area contributed by atoms with Crippen molar-refractivity contribution in [3.05, 3.63) is 95.1 Å². The van der Waals surface area contributed by atoms with Crippen LogP contribution in [0.5, 0.6) is 5.75 Å². The molecule has 2 aliphatic carbocycles. The lowest BCUT2D eigenvalue weighted by Crippen LogP contribution is -2.45. The Morgan fingerprint density at radius 1 is 0.895 bits per heavy atom. The van der Waals surface area contributed by atoms with Crippen LogP contribution in [0.4, 0.5) is 10.5 Å². The van der Waals surface area contributed by atoms with Gasteiger partial charge in [-0.2, -0.15) is 0 Å². The Bertz CT molecular complexity index is 1190. The molecule has 2 aliphatic rings. The summed E-state index contributed by atoms with van der Waals surface area (Å²) in [6.45, 7) is 0.573. The molecule has 0 aliphatic heterocycles. The first-order valence-corrected chi connectivity index (χ1v) is 13.8. The summed E-state index contributed by atoms with van der Waals surface area (Å²) in [5.74, 6) is 0.609. The first-order chi connectivity index (χ1) is 18.6. The number of hydrogen-bond acceptors (Lipinski definition) is 5. The van der Waals surface area contributed by atoms with Gasteiger partial charge in [-0.25, -0.2) is 4.79 Å². The lowest BCUT2D eigenvalue weighted by Gasteiger charge is -2.37. The number of benzene rings is 3. The Hall–Kier alpha value is -3.35. The predicted molar refractivity (Wildman–Crippen MR) is 149 cm³/mol. The van der Waals surface area contributed by atoms with E-state index in [1.54, 1.807) is 7.05 Å². The zero-order chi connectivity index (χ0) is 26.3. The molecule has 6 heteroatoms. The van der Waals surface area contributed by atoms with Crippen molar-refractivity contribution in [2.75, 3.05) is 11.9 Å². The number of aliphatic hydroxyl groups is 1. The maximum Gasteiger partial charge on any atom is 0.414 e. The molecule has 0 spiro atoms. The molecule has 38 heavy (non-hydrogen) atoms. The summed E-state index contributed by atoms with van der Waals surface area (Å²) in [5.41, 5.74) is 4.45. The summed E-state index contributed by atoms with van der Waals surface area (Å²) >= 11 is 0. The van der Waals surface area contributed by atoms with E-state index in [4.69, 9.17) is 9.47 Å². The first-order valence-electron chi connectivity index (χ1n) is 13.8. The maximum atomic E-state index is 13.2. The van der Waals surface area contributed by atoms with Crippen molar-refractivity contribution in [3.63, 3.8) is 0 Å². The number of aliphatic hydroxyl groups excluding tert-OH is 1. The molecule has 0 saturated heterocycles. The van der Waals surface area contributed by atoms with Crippen molar-refractivity contribution < 1.29 is 19.4 Å². The minimum atomic E-state index is -0.642. The third kappa shape index (κ3) is 6.20. The van der Waals surface area contributed by atoms with Gasteiger partial charge in [-0.3, -0.25) is 4.90 Å². The van der Waals surface area contributed by atoms with Crippen molar-refractivity contribution in [2.24, 2.45) is 0 Å². The highest BCUT2D eigenvalue weighted by atomic mass is 16.6. The third-order valence-corrected chi connectivity index (χ3v) is 7.79. The molecule has 3 aromatic carbocycles. The van der Waals surface area contributed by atoms with Gasteiger partial charge in [0, 0.05) is 19.1 Å². The van der Waals surface area contributed by atoms with Crippen LogP contribution in [0.3, 0.4) is 0 Å². The van der Waals surface area contributed by atoms with Gasteiger partial charge in [-0.15, -0.1) is 0 Å². The van der Waals surface area contributed by atoms with E-state index in [0.29, 0.717) is 24.1 Å². The second-order valence-electron chi connectivity index (χ2n) is 10.4. The standard InChI is InChI=1S/C32H38N2O4/c1-34(32(36)38-22-24-13-7-3-8-14-24)30-26-17-19-28(33-25-15-9-4-10-16-25)31(35)27(26)18-20-29(30)37-21-23-11-5-2-6-12-23/h2-3,5-8,11-14,18,20,25,28,31,33,35H,4,9-10,15-17,19,21-22H2,1H3/t28-,31-/m1/s1. The first kappa shape index (κ1) is 26.3. The minimum Gasteiger partial charge on any atom is -0.487 e. The number of nitrogens with one attached hydrogen (secondary N) is 1. The summed E-state index contributed by atoms with van der Waals surface area (Å²) in [5, 5.41) is 15.1. The highest BCUT2D eigenvalue weighted by Gasteiger charge is 2.34. The van der Waals surface area contributed by atoms with E-state index in [1.165, 1.54) is 37.0 Å². The number of anilines is 1. The average molecular weight is 515 g/mol. The van der Waals surface area contributed by atoms with Gasteiger partial charge in [-0.1, -0.05) is 86.0 Å². The van der Waals surface area contributed by atoms with Gasteiger partial charge in [-0.05, 0) is 54.0 Å². The number of carbonyl (C=O) groups is 1. The summed E-state index contributed by atoms with van der Waals surface area (Å²) in [6.07, 6.45) is 6.58. The monoisotopic (exact) mass is 514 g/mol. The predicted octanol–water partition coefficient (Wildman–Crippen LogP) is 6.31. The molecular weight excluding hydrogens is 476 g/mol. The van der Waals surface area contributed by atoms with Crippen LogP contribution in [0, 0.1) is 0 Å². The highest BCUT2D eigenvalue weighted by Crippen LogP contribution is 2.42. The molecule has 1 fully saturated rings. The largest absolute Gasteiger partial charge is 0.487 e. The Morgan fingerprint density at radius 3 is 2.24 bits per heavy atom. The van der Waals surface area contributed by atoms with E-state index >= 15 is 0 Å². The van der Waals surface area contributed by atoms with Crippen molar-refractivity contribution in [1.82, 2.24) is 5.32 Å². The van der Waals surface area contributed by atoms with Crippen LogP contribution in [-0.2, 0) is 24.4 Å². The van der Waals surface area contributed by atoms with Gasteiger partial charge in [0.25, 0.3) is 0 Å². The lowest BCUT2D eigenvalue weighted by molar-refractivity contribution is 0.104. The summed E-state index contributed by atoms with van der Waals surface area (Å²) in [4.78, 5) is 14.7. The average Bonchev–Trinajstić information content (AvgIpc) is 2.97. The molecule has 0 bridgehead atoms. The molecule has 6 nitrogen and oxygen atoms in total. The maximum absolute atomic E-state index is 13.2. The molecule has 0 radical (unpaired) electrons. The van der Waals surface area contributed by atoms with Crippen LogP contribution in [0.15, 0.2) is 72.8 Å². The van der Waals surface area contributed by atoms with Crippen LogP contribution < -0.4 is 15.0 Å². The molecule has 3 aromatic rings. The number of rotatable bonds is 8. The normalized spacial score (nSPS) is 19.4. The third-order valence-electron chi connectivity index (χ3n) is 7.79. The number of ether oxygens (including phenoxy) is 2. The zero-order valence-corrected chi connectivity index (χ0v) is 22.1. The van der Waals surface area contributed by atoms with Gasteiger partial charge < -0.3 is 19.9 Å². The highest BCUT2D eigenvalue weighted by molar-refractivity contribution is 5.91. The van der Waals surface area contributed by atoms with Crippen molar-refractivity contribution >= 4 is 11.8 Å². The minimum absolute atomic E-state index is 0.00451. The van der Waals surface area contributed by atoms with Crippen LogP contribution >= 0.6 is 0 Å². The molecule has 200 valence electrons. The molecule has 1 amide bonds. The van der Waals surface area contributed by atoms with Crippen LogP contribution in [-0.4, -0.2) is 30.3 Å². The molecule has 0 heterocycles. The van der Waals surface area contributed by atoms with Crippen LogP contribution in [0.25, 0.3) is 0 Å². The summed E-state index contributed by atoms with van der Waals surface area (Å²) in [7, 11) is 1.72. The summed E-state index contributed by atoms with van der Waals surface area (Å²) in [6, 6.07) is 23.9. The van der Waals surface area contributed by atoms with E-state index in [2.05, 4.69) is 5.32 Å². The van der Waals surface area contributed by atoms with Gasteiger partial charge in [0.1, 0.15) is 19.0 Å². The fourth-order valence-electron chi connectivity index (χ4n) is 5.72. The van der Waals surface area contributed by atoms with E-state index in [0.717, 1.165) is 35.1 Å². The second-order valence-corrected chi connectivity index (χ2v) is 10.4. The fourth-order valence-corrected chi connectivity index (χ4v) is 5.72. The number of nitrogens with zero attached hydrogens (tertiary/aromatic N) is 1. The smallest absolute Gasteiger partial charge is 0.414 e. The summed E-state index contributed by atoms with van der Waals surface area (Å²) < 4.78 is 11.9. The Kier molecular flexibility index (Phi) is 8.61. The number of fused-ring (bicyclic) bond motifs is 1. The molecule has 1 saturated carbocycles. The quantitative estimate of drug-likeness (QED) is 0.369.